The largest absolute Gasteiger partial charge is 0.337 e. The first kappa shape index (κ1) is 16.6. The molecule has 0 saturated carbocycles. The average molecular weight is 350 g/mol. The number of nitrogens with zero attached hydrogens (tertiary/aromatic N) is 2. The SMILES string of the molecule is CS(=O)(=O)NC1CCN(C(=O)c2n[nH]c(=O)c3ccccc23)CC1. The zero-order valence-corrected chi connectivity index (χ0v) is 14.0. The van der Waals surface area contributed by atoms with Gasteiger partial charge >= 0.3 is 0 Å². The smallest absolute Gasteiger partial charge is 0.274 e. The number of aromatic amines is 1. The van der Waals surface area contributed by atoms with Crippen LogP contribution in [0.5, 0.6) is 0 Å². The molecule has 1 aliphatic rings. The van der Waals surface area contributed by atoms with E-state index in [1.54, 1.807) is 29.2 Å². The summed E-state index contributed by atoms with van der Waals surface area (Å²) < 4.78 is 25.1. The van der Waals surface area contributed by atoms with E-state index < -0.39 is 10.0 Å². The highest BCUT2D eigenvalue weighted by Gasteiger charge is 2.27. The Morgan fingerprint density at radius 2 is 1.88 bits per heavy atom. The molecule has 2 aromatic rings. The van der Waals surface area contributed by atoms with E-state index >= 15 is 0 Å². The van der Waals surface area contributed by atoms with Crippen LogP contribution in [0.4, 0.5) is 0 Å². The molecule has 24 heavy (non-hydrogen) atoms. The first-order valence-corrected chi connectivity index (χ1v) is 9.48. The van der Waals surface area contributed by atoms with Gasteiger partial charge in [-0.3, -0.25) is 9.59 Å². The van der Waals surface area contributed by atoms with Crippen LogP contribution in [-0.4, -0.2) is 54.8 Å². The number of rotatable bonds is 3. The maximum atomic E-state index is 12.7. The Labute approximate surface area is 138 Å². The number of fused-ring (bicyclic) bond motifs is 1. The monoisotopic (exact) mass is 350 g/mol. The normalized spacial score (nSPS) is 16.5. The van der Waals surface area contributed by atoms with E-state index in [4.69, 9.17) is 0 Å². The van der Waals surface area contributed by atoms with Crippen LogP contribution in [0.15, 0.2) is 29.1 Å². The van der Waals surface area contributed by atoms with Crippen molar-refractivity contribution in [1.82, 2.24) is 19.8 Å². The van der Waals surface area contributed by atoms with Gasteiger partial charge in [-0.25, -0.2) is 18.2 Å². The number of likely N-dealkylation sites (tertiary alicyclic amines) is 1. The summed E-state index contributed by atoms with van der Waals surface area (Å²) in [6, 6.07) is 6.67. The van der Waals surface area contributed by atoms with Crippen molar-refractivity contribution in [2.75, 3.05) is 19.3 Å². The summed E-state index contributed by atoms with van der Waals surface area (Å²) in [5, 5.41) is 7.21. The van der Waals surface area contributed by atoms with Crippen LogP contribution in [0.2, 0.25) is 0 Å². The molecule has 1 amide bonds. The summed E-state index contributed by atoms with van der Waals surface area (Å²) in [5.74, 6) is -0.264. The van der Waals surface area contributed by atoms with Gasteiger partial charge in [0.1, 0.15) is 0 Å². The van der Waals surface area contributed by atoms with Crippen LogP contribution < -0.4 is 10.3 Å². The molecule has 0 aliphatic carbocycles. The lowest BCUT2D eigenvalue weighted by Crippen LogP contribution is -2.46. The second-order valence-electron chi connectivity index (χ2n) is 5.90. The quantitative estimate of drug-likeness (QED) is 0.814. The number of sulfonamides is 1. The summed E-state index contributed by atoms with van der Waals surface area (Å²) >= 11 is 0. The molecule has 9 heteroatoms. The number of H-pyrrole nitrogens is 1. The van der Waals surface area contributed by atoms with E-state index in [1.807, 2.05) is 0 Å². The number of nitrogens with one attached hydrogen (secondary N) is 2. The van der Waals surface area contributed by atoms with Crippen LogP contribution >= 0.6 is 0 Å². The number of hydrogen-bond acceptors (Lipinski definition) is 5. The zero-order chi connectivity index (χ0) is 17.3. The van der Waals surface area contributed by atoms with Crippen molar-refractivity contribution < 1.29 is 13.2 Å². The van der Waals surface area contributed by atoms with Gasteiger partial charge in [0.2, 0.25) is 10.0 Å². The third-order valence-electron chi connectivity index (χ3n) is 4.06. The van der Waals surface area contributed by atoms with Crippen molar-refractivity contribution in [1.29, 1.82) is 0 Å². The average Bonchev–Trinajstić information content (AvgIpc) is 2.54. The molecule has 2 N–H and O–H groups in total. The van der Waals surface area contributed by atoms with Crippen molar-refractivity contribution in [3.8, 4) is 0 Å². The molecule has 1 fully saturated rings. The summed E-state index contributed by atoms with van der Waals surface area (Å²) in [6.45, 7) is 0.863. The third-order valence-corrected chi connectivity index (χ3v) is 4.82. The second kappa shape index (κ2) is 6.33. The Morgan fingerprint density at radius 3 is 2.50 bits per heavy atom. The molecular formula is C15H18N4O4S. The zero-order valence-electron chi connectivity index (χ0n) is 13.2. The molecule has 3 rings (SSSR count). The fourth-order valence-electron chi connectivity index (χ4n) is 2.93. The van der Waals surface area contributed by atoms with E-state index in [2.05, 4.69) is 14.9 Å². The molecule has 8 nitrogen and oxygen atoms in total. The van der Waals surface area contributed by atoms with Crippen LogP contribution in [-0.2, 0) is 10.0 Å². The first-order valence-electron chi connectivity index (χ1n) is 7.59. The second-order valence-corrected chi connectivity index (χ2v) is 7.68. The maximum Gasteiger partial charge on any atom is 0.274 e. The maximum absolute atomic E-state index is 12.7. The number of carbonyl (C=O) groups is 1. The van der Waals surface area contributed by atoms with Crippen LogP contribution in [0, 0.1) is 0 Å². The van der Waals surface area contributed by atoms with Gasteiger partial charge < -0.3 is 4.90 Å². The third kappa shape index (κ3) is 3.46. The van der Waals surface area contributed by atoms with Gasteiger partial charge in [0, 0.05) is 24.5 Å². The van der Waals surface area contributed by atoms with E-state index in [0.29, 0.717) is 36.7 Å². The van der Waals surface area contributed by atoms with Gasteiger partial charge in [-0.15, -0.1) is 0 Å². The molecule has 1 aromatic carbocycles. The molecule has 0 bridgehead atoms. The lowest BCUT2D eigenvalue weighted by molar-refractivity contribution is 0.0706. The standard InChI is InChI=1S/C15H18N4O4S/c1-24(22,23)18-10-6-8-19(9-7-10)15(21)13-11-4-2-3-5-12(11)14(20)17-16-13/h2-5,10,18H,6-9H2,1H3,(H,17,20). The van der Waals surface area contributed by atoms with E-state index in [-0.39, 0.29) is 23.2 Å². The van der Waals surface area contributed by atoms with Crippen molar-refractivity contribution in [2.24, 2.45) is 0 Å². The van der Waals surface area contributed by atoms with E-state index in [1.165, 1.54) is 0 Å². The van der Waals surface area contributed by atoms with Crippen LogP contribution in [0.25, 0.3) is 10.8 Å². The van der Waals surface area contributed by atoms with Gasteiger partial charge in [-0.1, -0.05) is 18.2 Å². The van der Waals surface area contributed by atoms with Crippen molar-refractivity contribution in [2.45, 2.75) is 18.9 Å². The fraction of sp³-hybridized carbons (Fsp3) is 0.400. The molecule has 128 valence electrons. The minimum atomic E-state index is -3.25. The number of piperidine rings is 1. The van der Waals surface area contributed by atoms with E-state index in [0.717, 1.165) is 6.26 Å². The highest BCUT2D eigenvalue weighted by Crippen LogP contribution is 2.18. The highest BCUT2D eigenvalue weighted by atomic mass is 32.2. The molecule has 1 saturated heterocycles. The van der Waals surface area contributed by atoms with Crippen molar-refractivity contribution in [3.05, 3.63) is 40.3 Å². The number of amides is 1. The lowest BCUT2D eigenvalue weighted by Gasteiger charge is -2.31. The fourth-order valence-corrected chi connectivity index (χ4v) is 3.77. The molecule has 0 atom stereocenters. The Balaban J connectivity index is 1.79. The number of benzene rings is 1. The van der Waals surface area contributed by atoms with Gasteiger partial charge in [0.15, 0.2) is 5.69 Å². The van der Waals surface area contributed by atoms with Crippen molar-refractivity contribution in [3.63, 3.8) is 0 Å². The predicted molar refractivity (Wildman–Crippen MR) is 89.3 cm³/mol. The predicted octanol–water partition coefficient (Wildman–Crippen LogP) is 0.0769. The summed E-state index contributed by atoms with van der Waals surface area (Å²) in [6.07, 6.45) is 2.21. The lowest BCUT2D eigenvalue weighted by atomic mass is 10.0. The first-order chi connectivity index (χ1) is 11.3. The number of carbonyl (C=O) groups excluding carboxylic acids is 1. The molecule has 0 unspecified atom stereocenters. The topological polar surface area (TPSA) is 112 Å². The Hall–Kier alpha value is -2.26. The molecular weight excluding hydrogens is 332 g/mol. The minimum Gasteiger partial charge on any atom is -0.337 e. The summed E-state index contributed by atoms with van der Waals surface area (Å²) in [5.41, 5.74) is -0.127. The summed E-state index contributed by atoms with van der Waals surface area (Å²) in [4.78, 5) is 26.1. The Morgan fingerprint density at radius 1 is 1.25 bits per heavy atom. The highest BCUT2D eigenvalue weighted by molar-refractivity contribution is 7.88. The van der Waals surface area contributed by atoms with Crippen LogP contribution in [0.3, 0.4) is 0 Å². The molecule has 1 aliphatic heterocycles. The van der Waals surface area contributed by atoms with Gasteiger partial charge in [0.05, 0.1) is 11.6 Å². The van der Waals surface area contributed by atoms with Crippen LogP contribution in [0.1, 0.15) is 23.3 Å². The Kier molecular flexibility index (Phi) is 4.37. The number of aromatic nitrogens is 2. The summed E-state index contributed by atoms with van der Waals surface area (Å²) in [7, 11) is -3.25. The van der Waals surface area contributed by atoms with Gasteiger partial charge in [-0.05, 0) is 18.9 Å². The Bertz CT molecular complexity index is 930. The number of hydrogen-bond donors (Lipinski definition) is 2. The molecule has 0 spiro atoms. The molecule has 0 radical (unpaired) electrons. The van der Waals surface area contributed by atoms with Gasteiger partial charge in [-0.2, -0.15) is 5.10 Å². The van der Waals surface area contributed by atoms with Gasteiger partial charge in [0.25, 0.3) is 11.5 Å². The molecule has 2 heterocycles. The van der Waals surface area contributed by atoms with E-state index in [9.17, 15) is 18.0 Å². The minimum absolute atomic E-state index is 0.163. The molecule has 1 aromatic heterocycles. The van der Waals surface area contributed by atoms with Crippen molar-refractivity contribution >= 4 is 26.7 Å².